The van der Waals surface area contributed by atoms with Gasteiger partial charge in [-0.1, -0.05) is 30.3 Å². The number of hydrogen-bond acceptors (Lipinski definition) is 4. The van der Waals surface area contributed by atoms with E-state index in [9.17, 15) is 4.79 Å². The standard InChI is InChI=1S/C17H22N4O/c1-4-21(5-2)16-12-18-15(11-19-16)17(22)20-13(3)14-9-7-6-8-10-14/h6-13H,4-5H2,1-3H3,(H,20,22). The third-order valence-electron chi connectivity index (χ3n) is 3.61. The molecule has 5 heteroatoms. The molecule has 1 heterocycles. The molecule has 1 atom stereocenters. The van der Waals surface area contributed by atoms with Crippen molar-refractivity contribution in [1.29, 1.82) is 0 Å². The Hall–Kier alpha value is -2.43. The average Bonchev–Trinajstić information content (AvgIpc) is 2.57. The summed E-state index contributed by atoms with van der Waals surface area (Å²) in [6.45, 7) is 7.80. The van der Waals surface area contributed by atoms with Gasteiger partial charge in [-0.15, -0.1) is 0 Å². The first-order valence-electron chi connectivity index (χ1n) is 7.58. The minimum Gasteiger partial charge on any atom is -0.356 e. The Balaban J connectivity index is 2.04. The Morgan fingerprint density at radius 3 is 2.36 bits per heavy atom. The third-order valence-corrected chi connectivity index (χ3v) is 3.61. The zero-order chi connectivity index (χ0) is 15.9. The van der Waals surface area contributed by atoms with Gasteiger partial charge in [-0.25, -0.2) is 9.97 Å². The summed E-state index contributed by atoms with van der Waals surface area (Å²) in [6.07, 6.45) is 3.18. The zero-order valence-corrected chi connectivity index (χ0v) is 13.3. The number of anilines is 1. The molecule has 0 aliphatic carbocycles. The summed E-state index contributed by atoms with van der Waals surface area (Å²) in [5.41, 5.74) is 1.39. The van der Waals surface area contributed by atoms with Crippen molar-refractivity contribution in [3.05, 3.63) is 54.0 Å². The smallest absolute Gasteiger partial charge is 0.271 e. The van der Waals surface area contributed by atoms with Crippen LogP contribution in [0.1, 0.15) is 42.9 Å². The largest absolute Gasteiger partial charge is 0.356 e. The molecule has 1 unspecified atom stereocenters. The van der Waals surface area contributed by atoms with E-state index in [1.54, 1.807) is 6.20 Å². The predicted octanol–water partition coefficient (Wildman–Crippen LogP) is 2.81. The second-order valence-electron chi connectivity index (χ2n) is 5.04. The van der Waals surface area contributed by atoms with Crippen LogP contribution >= 0.6 is 0 Å². The summed E-state index contributed by atoms with van der Waals surface area (Å²) >= 11 is 0. The summed E-state index contributed by atoms with van der Waals surface area (Å²) < 4.78 is 0. The molecule has 1 aromatic heterocycles. The molecule has 2 rings (SSSR count). The highest BCUT2D eigenvalue weighted by Gasteiger charge is 2.13. The van der Waals surface area contributed by atoms with Gasteiger partial charge in [0.15, 0.2) is 0 Å². The maximum atomic E-state index is 12.2. The Kier molecular flexibility index (Phi) is 5.47. The fourth-order valence-electron chi connectivity index (χ4n) is 2.25. The summed E-state index contributed by atoms with van der Waals surface area (Å²) in [7, 11) is 0. The van der Waals surface area contributed by atoms with Crippen LogP contribution in [0.15, 0.2) is 42.7 Å². The highest BCUT2D eigenvalue weighted by molar-refractivity contribution is 5.92. The molecule has 0 spiro atoms. The lowest BCUT2D eigenvalue weighted by atomic mass is 10.1. The minimum atomic E-state index is -0.213. The lowest BCUT2D eigenvalue weighted by Crippen LogP contribution is -2.28. The molecule has 1 N–H and O–H groups in total. The first kappa shape index (κ1) is 15.9. The number of carbonyl (C=O) groups is 1. The number of nitrogens with one attached hydrogen (secondary N) is 1. The number of aromatic nitrogens is 2. The van der Waals surface area contributed by atoms with Crippen LogP contribution in [0.5, 0.6) is 0 Å². The molecule has 0 fully saturated rings. The van der Waals surface area contributed by atoms with E-state index in [0.29, 0.717) is 5.69 Å². The Morgan fingerprint density at radius 1 is 1.14 bits per heavy atom. The van der Waals surface area contributed by atoms with Crippen molar-refractivity contribution >= 4 is 11.7 Å². The van der Waals surface area contributed by atoms with Crippen molar-refractivity contribution in [1.82, 2.24) is 15.3 Å². The van der Waals surface area contributed by atoms with Crippen LogP contribution in [0.4, 0.5) is 5.82 Å². The van der Waals surface area contributed by atoms with Crippen molar-refractivity contribution in [2.24, 2.45) is 0 Å². The Labute approximate surface area is 131 Å². The number of rotatable bonds is 6. The number of benzene rings is 1. The lowest BCUT2D eigenvalue weighted by Gasteiger charge is -2.19. The molecule has 1 amide bonds. The van der Waals surface area contributed by atoms with Gasteiger partial charge in [-0.3, -0.25) is 4.79 Å². The monoisotopic (exact) mass is 298 g/mol. The lowest BCUT2D eigenvalue weighted by molar-refractivity contribution is 0.0934. The van der Waals surface area contributed by atoms with E-state index in [0.717, 1.165) is 24.5 Å². The van der Waals surface area contributed by atoms with Crippen LogP contribution in [0.2, 0.25) is 0 Å². The fraction of sp³-hybridized carbons (Fsp3) is 0.353. The van der Waals surface area contributed by atoms with Gasteiger partial charge in [0.25, 0.3) is 5.91 Å². The summed E-state index contributed by atoms with van der Waals surface area (Å²) in [4.78, 5) is 22.9. The van der Waals surface area contributed by atoms with Gasteiger partial charge >= 0.3 is 0 Å². The molecule has 0 saturated heterocycles. The third kappa shape index (κ3) is 3.81. The molecule has 5 nitrogen and oxygen atoms in total. The average molecular weight is 298 g/mol. The van der Waals surface area contributed by atoms with Gasteiger partial charge < -0.3 is 10.2 Å². The Bertz CT molecular complexity index is 594. The fourth-order valence-corrected chi connectivity index (χ4v) is 2.25. The van der Waals surface area contributed by atoms with E-state index < -0.39 is 0 Å². The van der Waals surface area contributed by atoms with Gasteiger partial charge in [-0.05, 0) is 26.3 Å². The second kappa shape index (κ2) is 7.54. The minimum absolute atomic E-state index is 0.0713. The van der Waals surface area contributed by atoms with Gasteiger partial charge in [0.2, 0.25) is 0 Å². The second-order valence-corrected chi connectivity index (χ2v) is 5.04. The molecule has 0 saturated carbocycles. The van der Waals surface area contributed by atoms with E-state index in [-0.39, 0.29) is 11.9 Å². The van der Waals surface area contributed by atoms with Crippen molar-refractivity contribution in [3.8, 4) is 0 Å². The van der Waals surface area contributed by atoms with Gasteiger partial charge in [-0.2, -0.15) is 0 Å². The molecule has 0 radical (unpaired) electrons. The van der Waals surface area contributed by atoms with Gasteiger partial charge in [0, 0.05) is 13.1 Å². The number of hydrogen-bond donors (Lipinski definition) is 1. The predicted molar refractivity (Wildman–Crippen MR) is 87.9 cm³/mol. The molecular weight excluding hydrogens is 276 g/mol. The van der Waals surface area contributed by atoms with Crippen LogP contribution in [0, 0.1) is 0 Å². The molecule has 1 aromatic carbocycles. The number of carbonyl (C=O) groups excluding carboxylic acids is 1. The highest BCUT2D eigenvalue weighted by atomic mass is 16.1. The van der Waals surface area contributed by atoms with E-state index in [1.807, 2.05) is 37.3 Å². The topological polar surface area (TPSA) is 58.1 Å². The first-order valence-corrected chi connectivity index (χ1v) is 7.58. The van der Waals surface area contributed by atoms with E-state index in [4.69, 9.17) is 0 Å². The molecule has 0 bridgehead atoms. The van der Waals surface area contributed by atoms with Crippen LogP contribution in [-0.4, -0.2) is 29.0 Å². The van der Waals surface area contributed by atoms with Gasteiger partial charge in [0.05, 0.1) is 18.4 Å². The van der Waals surface area contributed by atoms with Crippen molar-refractivity contribution < 1.29 is 4.79 Å². The number of nitrogens with zero attached hydrogens (tertiary/aromatic N) is 3. The van der Waals surface area contributed by atoms with Crippen molar-refractivity contribution in [2.75, 3.05) is 18.0 Å². The summed E-state index contributed by atoms with van der Waals surface area (Å²) in [5, 5.41) is 2.93. The maximum Gasteiger partial charge on any atom is 0.271 e. The van der Waals surface area contributed by atoms with E-state index in [1.165, 1.54) is 6.20 Å². The quantitative estimate of drug-likeness (QED) is 0.891. The molecule has 22 heavy (non-hydrogen) atoms. The van der Waals surface area contributed by atoms with Crippen LogP contribution in [0.3, 0.4) is 0 Å². The Morgan fingerprint density at radius 2 is 1.82 bits per heavy atom. The van der Waals surface area contributed by atoms with Crippen LogP contribution in [0.25, 0.3) is 0 Å². The zero-order valence-electron chi connectivity index (χ0n) is 13.3. The maximum absolute atomic E-state index is 12.2. The molecular formula is C17H22N4O. The first-order chi connectivity index (χ1) is 10.7. The summed E-state index contributed by atoms with van der Waals surface area (Å²) in [6, 6.07) is 9.76. The van der Waals surface area contributed by atoms with Crippen LogP contribution in [-0.2, 0) is 0 Å². The van der Waals surface area contributed by atoms with E-state index >= 15 is 0 Å². The number of amides is 1. The molecule has 2 aromatic rings. The SMILES string of the molecule is CCN(CC)c1cnc(C(=O)NC(C)c2ccccc2)cn1. The van der Waals surface area contributed by atoms with Crippen molar-refractivity contribution in [3.63, 3.8) is 0 Å². The van der Waals surface area contributed by atoms with Crippen molar-refractivity contribution in [2.45, 2.75) is 26.8 Å². The molecule has 0 aliphatic heterocycles. The molecule has 116 valence electrons. The molecule has 0 aliphatic rings. The highest BCUT2D eigenvalue weighted by Crippen LogP contribution is 2.12. The summed E-state index contributed by atoms with van der Waals surface area (Å²) in [5.74, 6) is 0.576. The van der Waals surface area contributed by atoms with E-state index in [2.05, 4.69) is 34.0 Å². The van der Waals surface area contributed by atoms with Gasteiger partial charge in [0.1, 0.15) is 11.5 Å². The van der Waals surface area contributed by atoms with Crippen LogP contribution < -0.4 is 10.2 Å². The normalized spacial score (nSPS) is 11.8.